The largest absolute Gasteiger partial charge is 0.360 e. The van der Waals surface area contributed by atoms with Crippen molar-refractivity contribution in [2.75, 3.05) is 0 Å². The molecule has 0 aliphatic carbocycles. The first kappa shape index (κ1) is 11.7. The van der Waals surface area contributed by atoms with Gasteiger partial charge >= 0.3 is 0 Å². The maximum atomic E-state index is 6.05. The second kappa shape index (κ2) is 4.71. The molecule has 0 aliphatic rings. The highest BCUT2D eigenvalue weighted by Gasteiger charge is 2.05. The minimum absolute atomic E-state index is 0.771. The highest BCUT2D eigenvalue weighted by Crippen LogP contribution is 2.34. The van der Waals surface area contributed by atoms with Gasteiger partial charge in [0.05, 0.1) is 0 Å². The van der Waals surface area contributed by atoms with E-state index in [9.17, 15) is 0 Å². The predicted molar refractivity (Wildman–Crippen MR) is 78.6 cm³/mol. The van der Waals surface area contributed by atoms with Gasteiger partial charge in [-0.3, -0.25) is 0 Å². The molecule has 0 aliphatic heterocycles. The summed E-state index contributed by atoms with van der Waals surface area (Å²) in [6, 6.07) is 14.5. The Morgan fingerprint density at radius 1 is 1.06 bits per heavy atom. The molecule has 3 rings (SSSR count). The molecular weight excluding hydrogens is 262 g/mol. The standard InChI is InChI=1S/C15H12ClNS/c1-10-2-5-12(6-3-10)18-15-9-17-14-7-4-11(16)8-13(14)15/h2-9,17H,1H3. The summed E-state index contributed by atoms with van der Waals surface area (Å²) in [6.07, 6.45) is 2.03. The number of benzene rings is 2. The summed E-state index contributed by atoms with van der Waals surface area (Å²) in [4.78, 5) is 5.71. The molecule has 0 radical (unpaired) electrons. The fourth-order valence-electron chi connectivity index (χ4n) is 1.88. The Kier molecular flexibility index (Phi) is 3.06. The van der Waals surface area contributed by atoms with Gasteiger partial charge in [-0.15, -0.1) is 0 Å². The van der Waals surface area contributed by atoms with E-state index in [0.29, 0.717) is 0 Å². The maximum Gasteiger partial charge on any atom is 0.0466 e. The van der Waals surface area contributed by atoms with Gasteiger partial charge in [0.25, 0.3) is 0 Å². The average molecular weight is 274 g/mol. The molecule has 2 aromatic carbocycles. The molecule has 0 saturated heterocycles. The normalized spacial score (nSPS) is 11.0. The number of hydrogen-bond acceptors (Lipinski definition) is 1. The number of aromatic amines is 1. The highest BCUT2D eigenvalue weighted by atomic mass is 35.5. The number of fused-ring (bicyclic) bond motifs is 1. The lowest BCUT2D eigenvalue weighted by molar-refractivity contribution is 1.36. The first-order valence-electron chi connectivity index (χ1n) is 5.73. The summed E-state index contributed by atoms with van der Waals surface area (Å²) >= 11 is 7.80. The van der Waals surface area contributed by atoms with Crippen molar-refractivity contribution in [2.24, 2.45) is 0 Å². The third-order valence-corrected chi connectivity index (χ3v) is 4.16. The van der Waals surface area contributed by atoms with E-state index in [2.05, 4.69) is 36.2 Å². The van der Waals surface area contributed by atoms with Gasteiger partial charge in [-0.05, 0) is 37.3 Å². The molecule has 0 spiro atoms. The third kappa shape index (κ3) is 2.26. The fourth-order valence-corrected chi connectivity index (χ4v) is 2.98. The summed E-state index contributed by atoms with van der Waals surface area (Å²) in [5.74, 6) is 0. The Morgan fingerprint density at radius 2 is 1.83 bits per heavy atom. The minimum atomic E-state index is 0.771. The molecule has 18 heavy (non-hydrogen) atoms. The zero-order chi connectivity index (χ0) is 12.5. The van der Waals surface area contributed by atoms with Crippen LogP contribution in [0.1, 0.15) is 5.56 Å². The van der Waals surface area contributed by atoms with Crippen LogP contribution in [-0.4, -0.2) is 4.98 Å². The van der Waals surface area contributed by atoms with Gasteiger partial charge in [0.1, 0.15) is 0 Å². The zero-order valence-corrected chi connectivity index (χ0v) is 11.5. The lowest BCUT2D eigenvalue weighted by Gasteiger charge is -2.01. The quantitative estimate of drug-likeness (QED) is 0.671. The van der Waals surface area contributed by atoms with Crippen LogP contribution in [0.25, 0.3) is 10.9 Å². The summed E-state index contributed by atoms with van der Waals surface area (Å²) in [5, 5.41) is 1.95. The Hall–Kier alpha value is -1.38. The Labute approximate surface area is 115 Å². The van der Waals surface area contributed by atoms with Gasteiger partial charge in [0.2, 0.25) is 0 Å². The van der Waals surface area contributed by atoms with Crippen LogP contribution in [0.5, 0.6) is 0 Å². The lowest BCUT2D eigenvalue weighted by atomic mass is 10.2. The first-order valence-corrected chi connectivity index (χ1v) is 6.93. The number of nitrogens with one attached hydrogen (secondary N) is 1. The molecule has 1 nitrogen and oxygen atoms in total. The van der Waals surface area contributed by atoms with E-state index in [1.807, 2.05) is 24.4 Å². The molecule has 3 heteroatoms. The van der Waals surface area contributed by atoms with Gasteiger partial charge in [-0.1, -0.05) is 41.1 Å². The molecule has 1 aromatic heterocycles. The number of aromatic nitrogens is 1. The van der Waals surface area contributed by atoms with E-state index in [1.54, 1.807) is 11.8 Å². The molecule has 90 valence electrons. The van der Waals surface area contributed by atoms with Crippen molar-refractivity contribution < 1.29 is 0 Å². The summed E-state index contributed by atoms with van der Waals surface area (Å²) in [7, 11) is 0. The van der Waals surface area contributed by atoms with Crippen LogP contribution in [0.2, 0.25) is 5.02 Å². The van der Waals surface area contributed by atoms with Gasteiger partial charge < -0.3 is 4.98 Å². The molecule has 3 aromatic rings. The molecule has 1 N–H and O–H groups in total. The smallest absolute Gasteiger partial charge is 0.0466 e. The van der Waals surface area contributed by atoms with Crippen molar-refractivity contribution in [3.05, 3.63) is 59.2 Å². The third-order valence-electron chi connectivity index (χ3n) is 2.85. The minimum Gasteiger partial charge on any atom is -0.360 e. The number of halogens is 1. The topological polar surface area (TPSA) is 15.8 Å². The van der Waals surface area contributed by atoms with Crippen molar-refractivity contribution >= 4 is 34.3 Å². The van der Waals surface area contributed by atoms with E-state index < -0.39 is 0 Å². The van der Waals surface area contributed by atoms with Gasteiger partial charge in [0, 0.05) is 31.9 Å². The highest BCUT2D eigenvalue weighted by molar-refractivity contribution is 7.99. The second-order valence-electron chi connectivity index (χ2n) is 4.26. The number of H-pyrrole nitrogens is 1. The van der Waals surface area contributed by atoms with E-state index >= 15 is 0 Å². The molecular formula is C15H12ClNS. The van der Waals surface area contributed by atoms with Crippen molar-refractivity contribution in [3.8, 4) is 0 Å². The number of aryl methyl sites for hydroxylation is 1. The van der Waals surface area contributed by atoms with Crippen LogP contribution in [0.3, 0.4) is 0 Å². The average Bonchev–Trinajstić information content (AvgIpc) is 2.75. The summed E-state index contributed by atoms with van der Waals surface area (Å²) in [6.45, 7) is 2.10. The molecule has 0 fully saturated rings. The van der Waals surface area contributed by atoms with Crippen LogP contribution < -0.4 is 0 Å². The van der Waals surface area contributed by atoms with Gasteiger partial charge in [0.15, 0.2) is 0 Å². The fraction of sp³-hybridized carbons (Fsp3) is 0.0667. The van der Waals surface area contributed by atoms with E-state index in [0.717, 1.165) is 10.5 Å². The van der Waals surface area contributed by atoms with E-state index in [-0.39, 0.29) is 0 Å². The number of rotatable bonds is 2. The first-order chi connectivity index (χ1) is 8.72. The Morgan fingerprint density at radius 3 is 2.61 bits per heavy atom. The van der Waals surface area contributed by atoms with Crippen molar-refractivity contribution in [1.29, 1.82) is 0 Å². The zero-order valence-electron chi connectivity index (χ0n) is 9.91. The molecule has 0 bridgehead atoms. The lowest BCUT2D eigenvalue weighted by Crippen LogP contribution is -1.74. The predicted octanol–water partition coefficient (Wildman–Crippen LogP) is 5.28. The summed E-state index contributed by atoms with van der Waals surface area (Å²) in [5.41, 5.74) is 2.40. The van der Waals surface area contributed by atoms with Gasteiger partial charge in [-0.25, -0.2) is 0 Å². The molecule has 0 amide bonds. The van der Waals surface area contributed by atoms with Crippen LogP contribution in [0.4, 0.5) is 0 Å². The number of hydrogen-bond donors (Lipinski definition) is 1. The molecule has 0 atom stereocenters. The second-order valence-corrected chi connectivity index (χ2v) is 5.81. The SMILES string of the molecule is Cc1ccc(Sc2c[nH]c3ccc(Cl)cc23)cc1. The van der Waals surface area contributed by atoms with Crippen molar-refractivity contribution in [2.45, 2.75) is 16.7 Å². The molecule has 0 unspecified atom stereocenters. The van der Waals surface area contributed by atoms with E-state index in [1.165, 1.54) is 20.7 Å². The van der Waals surface area contributed by atoms with Crippen molar-refractivity contribution in [1.82, 2.24) is 4.98 Å². The van der Waals surface area contributed by atoms with Gasteiger partial charge in [-0.2, -0.15) is 0 Å². The van der Waals surface area contributed by atoms with Crippen LogP contribution in [0.15, 0.2) is 58.5 Å². The monoisotopic (exact) mass is 273 g/mol. The maximum absolute atomic E-state index is 6.05. The van der Waals surface area contributed by atoms with Crippen LogP contribution in [0, 0.1) is 6.92 Å². The molecule has 1 heterocycles. The van der Waals surface area contributed by atoms with E-state index in [4.69, 9.17) is 11.6 Å². The van der Waals surface area contributed by atoms with Crippen LogP contribution in [-0.2, 0) is 0 Å². The Bertz CT molecular complexity index is 685. The van der Waals surface area contributed by atoms with Crippen LogP contribution >= 0.6 is 23.4 Å². The van der Waals surface area contributed by atoms with Crippen molar-refractivity contribution in [3.63, 3.8) is 0 Å². The summed E-state index contributed by atoms with van der Waals surface area (Å²) < 4.78 is 0. The Balaban J connectivity index is 1.99. The molecule has 0 saturated carbocycles.